The number of hydrogen-bond acceptors (Lipinski definition) is 7. The zero-order valence-electron chi connectivity index (χ0n) is 15.3. The molecule has 3 aromatic heterocycles. The molecule has 3 heterocycles. The van der Waals surface area contributed by atoms with E-state index in [4.69, 9.17) is 0 Å². The first-order valence-corrected chi connectivity index (χ1v) is 9.85. The molecule has 0 amide bonds. The van der Waals surface area contributed by atoms with E-state index < -0.39 is 0 Å². The average Bonchev–Trinajstić information content (AvgIpc) is 3.31. The molecule has 0 fully saturated rings. The van der Waals surface area contributed by atoms with E-state index in [2.05, 4.69) is 62.2 Å². The highest BCUT2D eigenvalue weighted by atomic mass is 35.5. The van der Waals surface area contributed by atoms with E-state index in [1.165, 1.54) is 5.56 Å². The summed E-state index contributed by atoms with van der Waals surface area (Å²) in [6.07, 6.45) is 3.63. The lowest BCUT2D eigenvalue weighted by Crippen LogP contribution is -3.00. The smallest absolute Gasteiger partial charge is 0.188 e. The van der Waals surface area contributed by atoms with Crippen LogP contribution in [0, 0.1) is 6.92 Å². The van der Waals surface area contributed by atoms with Crippen LogP contribution in [-0.4, -0.2) is 15.0 Å². The van der Waals surface area contributed by atoms with Crippen LogP contribution in [0.4, 0.5) is 16.1 Å². The Bertz CT molecular complexity index is 991. The SMILES string of the molecule is Cc1ccc(-c2csc(NCc3cnc(Nc4ccccn4)s3)n2)cc1.[Cl-].[Cl-].[Cl-]. The first-order chi connectivity index (χ1) is 12.8. The topological polar surface area (TPSA) is 62.7 Å². The van der Waals surface area contributed by atoms with Crippen LogP contribution in [0.3, 0.4) is 0 Å². The molecule has 0 saturated carbocycles. The van der Waals surface area contributed by atoms with Crippen molar-refractivity contribution in [3.63, 3.8) is 0 Å². The third-order valence-electron chi connectivity index (χ3n) is 3.72. The summed E-state index contributed by atoms with van der Waals surface area (Å²) in [5.74, 6) is 0.795. The molecule has 29 heavy (non-hydrogen) atoms. The molecule has 0 aliphatic heterocycles. The Labute approximate surface area is 196 Å². The van der Waals surface area contributed by atoms with Gasteiger partial charge in [0.25, 0.3) is 0 Å². The fourth-order valence-electron chi connectivity index (χ4n) is 2.37. The van der Waals surface area contributed by atoms with E-state index in [1.54, 1.807) is 28.9 Å². The number of anilines is 3. The summed E-state index contributed by atoms with van der Waals surface area (Å²) >= 11 is 3.22. The van der Waals surface area contributed by atoms with Crippen molar-refractivity contribution >= 4 is 38.8 Å². The van der Waals surface area contributed by atoms with Gasteiger partial charge in [-0.1, -0.05) is 47.2 Å². The Morgan fingerprint density at radius 2 is 1.72 bits per heavy atom. The van der Waals surface area contributed by atoms with E-state index in [-0.39, 0.29) is 37.2 Å². The Morgan fingerprint density at radius 3 is 2.45 bits per heavy atom. The quantitative estimate of drug-likeness (QED) is 0.295. The van der Waals surface area contributed by atoms with Crippen molar-refractivity contribution in [1.29, 1.82) is 0 Å². The van der Waals surface area contributed by atoms with Crippen molar-refractivity contribution in [1.82, 2.24) is 15.0 Å². The van der Waals surface area contributed by atoms with Gasteiger partial charge in [-0.15, -0.1) is 11.3 Å². The second-order valence-electron chi connectivity index (χ2n) is 5.73. The maximum atomic E-state index is 4.67. The van der Waals surface area contributed by atoms with Gasteiger partial charge < -0.3 is 47.9 Å². The van der Waals surface area contributed by atoms with Crippen LogP contribution in [0.15, 0.2) is 60.2 Å². The number of nitrogens with one attached hydrogen (secondary N) is 2. The number of aryl methyl sites for hydroxylation is 1. The summed E-state index contributed by atoms with van der Waals surface area (Å²) < 4.78 is 0. The van der Waals surface area contributed by atoms with Gasteiger partial charge in [0.05, 0.1) is 12.2 Å². The molecule has 10 heteroatoms. The van der Waals surface area contributed by atoms with E-state index in [9.17, 15) is 0 Å². The Morgan fingerprint density at radius 1 is 0.931 bits per heavy atom. The molecule has 0 atom stereocenters. The number of nitrogens with zero attached hydrogens (tertiary/aromatic N) is 3. The number of hydrogen-bond donors (Lipinski definition) is 2. The lowest BCUT2D eigenvalue weighted by molar-refractivity contribution is -0.00100. The molecule has 2 N–H and O–H groups in total. The first kappa shape index (κ1) is 25.1. The molecule has 4 aromatic rings. The number of aromatic nitrogens is 3. The maximum Gasteiger partial charge on any atom is 0.188 e. The minimum Gasteiger partial charge on any atom is -1.00 e. The van der Waals surface area contributed by atoms with Crippen LogP contribution < -0.4 is 47.9 Å². The summed E-state index contributed by atoms with van der Waals surface area (Å²) in [5, 5.41) is 10.4. The average molecular weight is 486 g/mol. The number of halogens is 3. The molecule has 0 aliphatic rings. The molecule has 4 rings (SSSR count). The molecule has 0 unspecified atom stereocenters. The van der Waals surface area contributed by atoms with Crippen LogP contribution in [0.5, 0.6) is 0 Å². The van der Waals surface area contributed by atoms with Crippen molar-refractivity contribution in [2.45, 2.75) is 13.5 Å². The molecule has 0 radical (unpaired) electrons. The Balaban J connectivity index is 0.00000140. The van der Waals surface area contributed by atoms with Crippen LogP contribution in [-0.2, 0) is 6.54 Å². The normalized spacial score (nSPS) is 9.55. The Kier molecular flexibility index (Phi) is 10.4. The van der Waals surface area contributed by atoms with Crippen LogP contribution in [0.2, 0.25) is 0 Å². The summed E-state index contributed by atoms with van der Waals surface area (Å²) in [4.78, 5) is 14.4. The molecule has 0 aliphatic carbocycles. The molecule has 0 bridgehead atoms. The molecular formula is C19H17Cl3N5S2-3. The molecule has 0 spiro atoms. The van der Waals surface area contributed by atoms with Gasteiger partial charge in [-0.05, 0) is 19.1 Å². The van der Waals surface area contributed by atoms with Gasteiger partial charge in [-0.3, -0.25) is 0 Å². The van der Waals surface area contributed by atoms with E-state index in [1.807, 2.05) is 24.4 Å². The molecular weight excluding hydrogens is 469 g/mol. The van der Waals surface area contributed by atoms with Gasteiger partial charge in [0.1, 0.15) is 5.82 Å². The summed E-state index contributed by atoms with van der Waals surface area (Å²) in [6.45, 7) is 2.78. The van der Waals surface area contributed by atoms with Crippen molar-refractivity contribution < 1.29 is 37.2 Å². The van der Waals surface area contributed by atoms with E-state index in [0.717, 1.165) is 32.2 Å². The summed E-state index contributed by atoms with van der Waals surface area (Å²) in [6, 6.07) is 14.2. The molecule has 1 aromatic carbocycles. The van der Waals surface area contributed by atoms with Crippen molar-refractivity contribution in [2.24, 2.45) is 0 Å². The lowest BCUT2D eigenvalue weighted by atomic mass is 10.1. The third-order valence-corrected chi connectivity index (χ3v) is 5.43. The predicted octanol–water partition coefficient (Wildman–Crippen LogP) is -3.66. The highest BCUT2D eigenvalue weighted by Crippen LogP contribution is 2.27. The molecule has 5 nitrogen and oxygen atoms in total. The molecule has 154 valence electrons. The monoisotopic (exact) mass is 484 g/mol. The summed E-state index contributed by atoms with van der Waals surface area (Å²) in [7, 11) is 0. The number of pyridine rings is 1. The minimum atomic E-state index is 0. The third kappa shape index (κ3) is 6.83. The highest BCUT2D eigenvalue weighted by molar-refractivity contribution is 7.15. The largest absolute Gasteiger partial charge is 1.00 e. The zero-order chi connectivity index (χ0) is 17.8. The lowest BCUT2D eigenvalue weighted by Gasteiger charge is -2.00. The predicted molar refractivity (Wildman–Crippen MR) is 109 cm³/mol. The summed E-state index contributed by atoms with van der Waals surface area (Å²) in [5.41, 5.74) is 3.39. The van der Waals surface area contributed by atoms with Gasteiger partial charge in [-0.25, -0.2) is 15.0 Å². The van der Waals surface area contributed by atoms with Gasteiger partial charge in [-0.2, -0.15) is 0 Å². The van der Waals surface area contributed by atoms with E-state index in [0.29, 0.717) is 6.54 Å². The Hall–Kier alpha value is -1.90. The fraction of sp³-hybridized carbons (Fsp3) is 0.105. The van der Waals surface area contributed by atoms with Crippen molar-refractivity contribution in [3.05, 3.63) is 70.7 Å². The van der Waals surface area contributed by atoms with Gasteiger partial charge in [0, 0.05) is 28.2 Å². The van der Waals surface area contributed by atoms with Crippen LogP contribution in [0.25, 0.3) is 11.3 Å². The maximum absolute atomic E-state index is 4.67. The van der Waals surface area contributed by atoms with Gasteiger partial charge in [0.2, 0.25) is 0 Å². The minimum absolute atomic E-state index is 0. The number of benzene rings is 1. The van der Waals surface area contributed by atoms with Crippen molar-refractivity contribution in [3.8, 4) is 11.3 Å². The highest BCUT2D eigenvalue weighted by Gasteiger charge is 2.06. The van der Waals surface area contributed by atoms with Gasteiger partial charge >= 0.3 is 0 Å². The first-order valence-electron chi connectivity index (χ1n) is 8.15. The van der Waals surface area contributed by atoms with Crippen LogP contribution in [0.1, 0.15) is 10.4 Å². The second-order valence-corrected chi connectivity index (χ2v) is 7.70. The van der Waals surface area contributed by atoms with Crippen molar-refractivity contribution in [2.75, 3.05) is 10.6 Å². The standard InChI is InChI=1S/C19H17N5S2.3ClH/c1-13-5-7-14(8-6-13)16-12-25-18(23-16)21-10-15-11-22-19(26-15)24-17-4-2-3-9-20-17;;;/h2-9,11-12H,10H2,1H3,(H,21,23)(H,20,22,24);3*1H/p-3. The van der Waals surface area contributed by atoms with E-state index >= 15 is 0 Å². The number of rotatable bonds is 6. The molecule has 0 saturated heterocycles. The second kappa shape index (κ2) is 11.9. The zero-order valence-corrected chi connectivity index (χ0v) is 19.2. The van der Waals surface area contributed by atoms with Gasteiger partial charge in [0.15, 0.2) is 10.3 Å². The fourth-order valence-corrected chi connectivity index (χ4v) is 3.85. The number of thiazole rings is 2. The van der Waals surface area contributed by atoms with Crippen LogP contribution >= 0.6 is 22.7 Å².